The molecule has 0 fully saturated rings. The van der Waals surface area contributed by atoms with E-state index in [1.807, 2.05) is 111 Å². The monoisotopic (exact) mass is 1500 g/mol. The molecule has 5 aliphatic carbocycles. The molecule has 111 heavy (non-hydrogen) atoms. The Kier molecular flexibility index (Phi) is 19.3. The van der Waals surface area contributed by atoms with Crippen LogP contribution in [-0.2, 0) is 46.1 Å². The van der Waals surface area contributed by atoms with Crippen molar-refractivity contribution in [3.63, 3.8) is 0 Å². The number of rotatable bonds is 23. The molecule has 0 heterocycles. The first-order valence-electron chi connectivity index (χ1n) is 39.0. The van der Waals surface area contributed by atoms with E-state index in [0.717, 1.165) is 141 Å². The number of ether oxygens (including phenoxy) is 2. The zero-order valence-electron chi connectivity index (χ0n) is 64.2. The third-order valence-electron chi connectivity index (χ3n) is 26.8. The Balaban J connectivity index is 0.821. The van der Waals surface area contributed by atoms with Crippen molar-refractivity contribution in [1.29, 1.82) is 0 Å². The Morgan fingerprint density at radius 3 is 0.865 bits per heavy atom. The first kappa shape index (κ1) is 76.4. The van der Waals surface area contributed by atoms with Crippen molar-refractivity contribution in [2.75, 3.05) is 13.2 Å². The number of esters is 2. The molecule has 0 radical (unpaired) electrons. The summed E-state index contributed by atoms with van der Waals surface area (Å²) in [6.07, 6.45) is -8.36. The lowest BCUT2D eigenvalue weighted by Gasteiger charge is -2.34. The molecule has 0 spiro atoms. The minimum absolute atomic E-state index is 0.0626. The minimum atomic E-state index is -4.46. The molecule has 10 aromatic carbocycles. The summed E-state index contributed by atoms with van der Waals surface area (Å²) in [4.78, 5) is 27.0. The van der Waals surface area contributed by atoms with Crippen LogP contribution in [0.2, 0.25) is 0 Å². The standard InChI is InChI=1S/C98H91F9O4/c1-12-89(108)110-55-95(56-111-90(109)13-2)87-53-67(65-27-36-75-73-34-25-62(49-83(73)93(16-5,85(75)51-65)44-41-59(9)97(102,103)104)61-23-32-71-70-31-22-57(7)46-80(70)91(11,14-3)81(71)47-61)29-38-77(87)78-39-30-68(54-88(78)95)66-28-37-76-74-35-26-64(50-84(74)94(17-6,86(76)52-66)45-42-60(10)98(105,106)107)63-24-33-72-69-20-18-19-21-79(69)92(15-4,82(72)48-63)43-40-58(8)96(99,100)101/h12-13,18-39,46-54,58-60H,1-2,14-17,40-45,55-56H2,3-11H3. The van der Waals surface area contributed by atoms with Crippen LogP contribution >= 0.6 is 0 Å². The number of aryl methyl sites for hydroxylation is 1. The van der Waals surface area contributed by atoms with E-state index in [0.29, 0.717) is 30.4 Å². The van der Waals surface area contributed by atoms with E-state index in [4.69, 9.17) is 9.47 Å². The predicted molar refractivity (Wildman–Crippen MR) is 427 cm³/mol. The zero-order valence-corrected chi connectivity index (χ0v) is 64.2. The van der Waals surface area contributed by atoms with Gasteiger partial charge in [0.05, 0.1) is 23.2 Å². The third kappa shape index (κ3) is 12.4. The Morgan fingerprint density at radius 1 is 0.342 bits per heavy atom. The average Bonchev–Trinajstić information content (AvgIpc) is 1.56. The second-order valence-corrected chi connectivity index (χ2v) is 32.3. The summed E-state index contributed by atoms with van der Waals surface area (Å²) in [5.74, 6) is -6.14. The van der Waals surface area contributed by atoms with Gasteiger partial charge in [-0.1, -0.05) is 214 Å². The molecule has 0 saturated carbocycles. The third-order valence-corrected chi connectivity index (χ3v) is 26.8. The lowest BCUT2D eigenvalue weighted by atomic mass is 9.70. The summed E-state index contributed by atoms with van der Waals surface area (Å²) < 4.78 is 143. The van der Waals surface area contributed by atoms with Crippen LogP contribution < -0.4 is 0 Å². The van der Waals surface area contributed by atoms with Gasteiger partial charge in [0.2, 0.25) is 0 Å². The van der Waals surface area contributed by atoms with Gasteiger partial charge in [0.25, 0.3) is 0 Å². The van der Waals surface area contributed by atoms with Crippen molar-refractivity contribution in [2.24, 2.45) is 17.8 Å². The smallest absolute Gasteiger partial charge is 0.391 e. The molecular formula is C98H91F9O4. The van der Waals surface area contributed by atoms with E-state index >= 15 is 0 Å². The summed E-state index contributed by atoms with van der Waals surface area (Å²) in [5, 5.41) is 0. The summed E-state index contributed by atoms with van der Waals surface area (Å²) in [6, 6.07) is 64.6. The van der Waals surface area contributed by atoms with E-state index in [-0.39, 0.29) is 57.2 Å². The van der Waals surface area contributed by atoms with E-state index in [1.54, 1.807) is 0 Å². The molecule has 7 unspecified atom stereocenters. The molecule has 15 rings (SSSR count). The van der Waals surface area contributed by atoms with Gasteiger partial charge in [0.15, 0.2) is 0 Å². The second-order valence-electron chi connectivity index (χ2n) is 32.3. The zero-order chi connectivity index (χ0) is 78.9. The van der Waals surface area contributed by atoms with Gasteiger partial charge in [-0.3, -0.25) is 0 Å². The lowest BCUT2D eigenvalue weighted by Crippen LogP contribution is -2.38. The van der Waals surface area contributed by atoms with Crippen LogP contribution in [0.3, 0.4) is 0 Å². The number of carbonyl (C=O) groups excluding carboxylic acids is 2. The van der Waals surface area contributed by atoms with Gasteiger partial charge in [-0.05, 0) is 275 Å². The highest BCUT2D eigenvalue weighted by Crippen LogP contribution is 2.62. The quantitative estimate of drug-likeness (QED) is 0.0364. The van der Waals surface area contributed by atoms with Gasteiger partial charge >= 0.3 is 30.5 Å². The summed E-state index contributed by atoms with van der Waals surface area (Å²) in [7, 11) is 0. The first-order chi connectivity index (χ1) is 52.8. The number of alkyl halides is 9. The van der Waals surface area contributed by atoms with Crippen molar-refractivity contribution >= 4 is 11.9 Å². The van der Waals surface area contributed by atoms with Crippen LogP contribution in [0.4, 0.5) is 39.5 Å². The molecule has 5 aliphatic rings. The largest absolute Gasteiger partial charge is 0.461 e. The molecule has 0 N–H and O–H groups in total. The average molecular weight is 1500 g/mol. The normalized spacial score (nSPS) is 19.9. The van der Waals surface area contributed by atoms with Crippen LogP contribution in [0.25, 0.3) is 100 Å². The number of hydrogen-bond acceptors (Lipinski definition) is 4. The van der Waals surface area contributed by atoms with E-state index in [9.17, 15) is 49.1 Å². The Morgan fingerprint density at radius 2 is 0.586 bits per heavy atom. The maximum absolute atomic E-state index is 14.8. The second kappa shape index (κ2) is 28.0. The SMILES string of the molecule is C=CC(=O)OCC1(COC(=O)C=C)c2cc(-c3ccc4c(c3)C(CC)(CCC(C)C(F)(F)F)c3cc(-c5ccc6c(c5)C(C)(CC)c5cc(C)ccc5-6)ccc3-4)ccc2-c2ccc(-c3ccc4c(c3)C(CC)(CCC(C)C(F)(F)F)c3cc(-c5ccc6c(c5)C(CC)(CCC(C)C(F)(F)F)c5ccccc5-6)ccc3-4)cc21. The van der Waals surface area contributed by atoms with Crippen LogP contribution in [0.15, 0.2) is 213 Å². The molecule has 0 aliphatic heterocycles. The Labute approximate surface area is 644 Å². The highest BCUT2D eigenvalue weighted by atomic mass is 19.4. The minimum Gasteiger partial charge on any atom is -0.461 e. The molecule has 7 atom stereocenters. The van der Waals surface area contributed by atoms with Gasteiger partial charge in [-0.2, -0.15) is 39.5 Å². The molecule has 0 amide bonds. The molecule has 0 aromatic heterocycles. The van der Waals surface area contributed by atoms with Crippen molar-refractivity contribution in [2.45, 2.75) is 172 Å². The van der Waals surface area contributed by atoms with Crippen LogP contribution in [0.1, 0.15) is 181 Å². The Bertz CT molecular complexity index is 5420. The summed E-state index contributed by atoms with van der Waals surface area (Å²) in [6.45, 7) is 23.3. The fraction of sp³-hybridized carbons (Fsp3) is 0.327. The van der Waals surface area contributed by atoms with Gasteiger partial charge in [-0.15, -0.1) is 0 Å². The number of hydrogen-bond donors (Lipinski definition) is 0. The number of carbonyl (C=O) groups is 2. The first-order valence-corrected chi connectivity index (χ1v) is 39.0. The number of halogens is 9. The van der Waals surface area contributed by atoms with Crippen molar-refractivity contribution < 1.29 is 58.6 Å². The van der Waals surface area contributed by atoms with E-state index in [1.165, 1.54) is 48.6 Å². The van der Waals surface area contributed by atoms with Crippen LogP contribution in [-0.4, -0.2) is 43.7 Å². The van der Waals surface area contributed by atoms with Crippen molar-refractivity contribution in [3.8, 4) is 100 Å². The molecule has 0 bridgehead atoms. The van der Waals surface area contributed by atoms with E-state index < -0.39 is 69.9 Å². The molecular weight excluding hydrogens is 1410 g/mol. The summed E-state index contributed by atoms with van der Waals surface area (Å²) in [5.41, 5.74) is 22.9. The highest BCUT2D eigenvalue weighted by Gasteiger charge is 2.51. The van der Waals surface area contributed by atoms with Crippen LogP contribution in [0.5, 0.6) is 0 Å². The molecule has 10 aromatic rings. The van der Waals surface area contributed by atoms with Crippen molar-refractivity contribution in [1.82, 2.24) is 0 Å². The van der Waals surface area contributed by atoms with Crippen LogP contribution in [0, 0.1) is 24.7 Å². The number of benzene rings is 10. The van der Waals surface area contributed by atoms with Crippen molar-refractivity contribution in [3.05, 3.63) is 275 Å². The van der Waals surface area contributed by atoms with Gasteiger partial charge in [0, 0.05) is 33.8 Å². The van der Waals surface area contributed by atoms with Gasteiger partial charge in [-0.25, -0.2) is 9.59 Å². The van der Waals surface area contributed by atoms with Gasteiger partial charge in [0.1, 0.15) is 13.2 Å². The van der Waals surface area contributed by atoms with E-state index in [2.05, 4.69) is 132 Å². The fourth-order valence-electron chi connectivity index (χ4n) is 19.7. The van der Waals surface area contributed by atoms with Gasteiger partial charge < -0.3 is 9.47 Å². The fourth-order valence-corrected chi connectivity index (χ4v) is 19.7. The maximum atomic E-state index is 14.8. The molecule has 13 heteroatoms. The highest BCUT2D eigenvalue weighted by molar-refractivity contribution is 5.94. The number of fused-ring (bicyclic) bond motifs is 15. The molecule has 4 nitrogen and oxygen atoms in total. The maximum Gasteiger partial charge on any atom is 0.391 e. The molecule has 570 valence electrons. The predicted octanol–water partition coefficient (Wildman–Crippen LogP) is 27.0. The summed E-state index contributed by atoms with van der Waals surface area (Å²) >= 11 is 0. The lowest BCUT2D eigenvalue weighted by molar-refractivity contribution is -0.172. The topological polar surface area (TPSA) is 52.6 Å². The molecule has 0 saturated heterocycles. The Hall–Kier alpha value is -10.0.